The molecular formula is C17H29N3. The van der Waals surface area contributed by atoms with E-state index in [1.54, 1.807) is 0 Å². The van der Waals surface area contributed by atoms with E-state index in [9.17, 15) is 0 Å². The van der Waals surface area contributed by atoms with Crippen molar-refractivity contribution in [3.8, 4) is 0 Å². The van der Waals surface area contributed by atoms with Crippen LogP contribution in [0.25, 0.3) is 0 Å². The molecule has 0 aromatic carbocycles. The Balaban J connectivity index is 2.18. The van der Waals surface area contributed by atoms with Crippen LogP contribution < -0.4 is 5.32 Å². The number of hydrogen-bond donors (Lipinski definition) is 1. The van der Waals surface area contributed by atoms with E-state index in [4.69, 9.17) is 9.97 Å². The first-order chi connectivity index (χ1) is 9.69. The Bertz CT molecular complexity index is 413. The molecule has 1 aromatic heterocycles. The van der Waals surface area contributed by atoms with Gasteiger partial charge in [-0.3, -0.25) is 0 Å². The molecule has 0 aliphatic heterocycles. The lowest BCUT2D eigenvalue weighted by atomic mass is 10.0. The Morgan fingerprint density at radius 3 is 2.15 bits per heavy atom. The zero-order valence-electron chi connectivity index (χ0n) is 13.5. The second-order valence-corrected chi connectivity index (χ2v) is 5.95. The number of aromatic nitrogens is 2. The molecule has 1 atom stereocenters. The van der Waals surface area contributed by atoms with E-state index in [0.29, 0.717) is 5.92 Å². The maximum Gasteiger partial charge on any atom is 0.131 e. The third-order valence-corrected chi connectivity index (χ3v) is 4.30. The minimum absolute atomic E-state index is 0.462. The Morgan fingerprint density at radius 2 is 1.70 bits per heavy atom. The number of aryl methyl sites for hydroxylation is 2. The van der Waals surface area contributed by atoms with Gasteiger partial charge in [-0.15, -0.1) is 0 Å². The summed E-state index contributed by atoms with van der Waals surface area (Å²) >= 11 is 0. The molecule has 1 fully saturated rings. The van der Waals surface area contributed by atoms with E-state index < -0.39 is 0 Å². The van der Waals surface area contributed by atoms with Gasteiger partial charge in [0.05, 0.1) is 0 Å². The number of nitrogens with zero attached hydrogens (tertiary/aromatic N) is 2. The summed E-state index contributed by atoms with van der Waals surface area (Å²) in [6.45, 7) is 9.91. The zero-order valence-corrected chi connectivity index (χ0v) is 13.5. The van der Waals surface area contributed by atoms with Gasteiger partial charge in [0.25, 0.3) is 0 Å². The molecule has 0 spiro atoms. The summed E-state index contributed by atoms with van der Waals surface area (Å²) in [5, 5.41) is 3.60. The standard InChI is InChI=1S/C17H29N3/c1-5-12(4)17-19-15(6-2)14(16(7-3)20-17)10-11-18-13-8-9-13/h12-13,18H,5-11H2,1-4H3. The van der Waals surface area contributed by atoms with Gasteiger partial charge < -0.3 is 5.32 Å². The van der Waals surface area contributed by atoms with Crippen molar-refractivity contribution in [3.05, 3.63) is 22.8 Å². The lowest BCUT2D eigenvalue weighted by Gasteiger charge is -2.16. The highest BCUT2D eigenvalue weighted by molar-refractivity contribution is 5.27. The first-order valence-corrected chi connectivity index (χ1v) is 8.31. The van der Waals surface area contributed by atoms with E-state index in [1.165, 1.54) is 29.8 Å². The van der Waals surface area contributed by atoms with E-state index in [2.05, 4.69) is 33.0 Å². The molecule has 3 heteroatoms. The summed E-state index contributed by atoms with van der Waals surface area (Å²) in [6, 6.07) is 0.783. The minimum atomic E-state index is 0.462. The van der Waals surface area contributed by atoms with E-state index >= 15 is 0 Å². The summed E-state index contributed by atoms with van der Waals surface area (Å²) in [5.41, 5.74) is 3.93. The second kappa shape index (κ2) is 7.16. The van der Waals surface area contributed by atoms with Crippen molar-refractivity contribution in [2.75, 3.05) is 6.54 Å². The fourth-order valence-electron chi connectivity index (χ4n) is 2.57. The van der Waals surface area contributed by atoms with Crippen molar-refractivity contribution in [3.63, 3.8) is 0 Å². The van der Waals surface area contributed by atoms with Gasteiger partial charge >= 0.3 is 0 Å². The molecule has 1 heterocycles. The van der Waals surface area contributed by atoms with Crippen LogP contribution in [0, 0.1) is 0 Å². The predicted octanol–water partition coefficient (Wildman–Crippen LogP) is 3.41. The monoisotopic (exact) mass is 275 g/mol. The number of hydrogen-bond acceptors (Lipinski definition) is 3. The molecule has 0 radical (unpaired) electrons. The maximum absolute atomic E-state index is 4.85. The van der Waals surface area contributed by atoms with Crippen LogP contribution in [-0.2, 0) is 19.3 Å². The highest BCUT2D eigenvalue weighted by atomic mass is 14.9. The van der Waals surface area contributed by atoms with Crippen molar-refractivity contribution in [2.24, 2.45) is 0 Å². The fraction of sp³-hybridized carbons (Fsp3) is 0.765. The Kier molecular flexibility index (Phi) is 5.53. The molecule has 112 valence electrons. The van der Waals surface area contributed by atoms with Gasteiger partial charge in [-0.1, -0.05) is 27.7 Å². The first kappa shape index (κ1) is 15.4. The molecule has 1 saturated carbocycles. The van der Waals surface area contributed by atoms with Crippen LogP contribution in [0.3, 0.4) is 0 Å². The molecular weight excluding hydrogens is 246 g/mol. The third kappa shape index (κ3) is 3.78. The summed E-state index contributed by atoms with van der Waals surface area (Å²) in [4.78, 5) is 9.69. The van der Waals surface area contributed by atoms with Crippen molar-refractivity contribution in [1.82, 2.24) is 15.3 Å². The lowest BCUT2D eigenvalue weighted by Crippen LogP contribution is -2.21. The maximum atomic E-state index is 4.85. The number of nitrogens with one attached hydrogen (secondary N) is 1. The molecule has 2 rings (SSSR count). The lowest BCUT2D eigenvalue weighted by molar-refractivity contribution is 0.642. The van der Waals surface area contributed by atoms with E-state index in [-0.39, 0.29) is 0 Å². The predicted molar refractivity (Wildman–Crippen MR) is 84.2 cm³/mol. The minimum Gasteiger partial charge on any atom is -0.314 e. The topological polar surface area (TPSA) is 37.8 Å². The largest absolute Gasteiger partial charge is 0.314 e. The van der Waals surface area contributed by atoms with E-state index in [1.807, 2.05) is 0 Å². The van der Waals surface area contributed by atoms with E-state index in [0.717, 1.165) is 44.1 Å². The fourth-order valence-corrected chi connectivity index (χ4v) is 2.57. The van der Waals surface area contributed by atoms with Crippen LogP contribution in [-0.4, -0.2) is 22.6 Å². The van der Waals surface area contributed by atoms with Gasteiger partial charge in [-0.25, -0.2) is 9.97 Å². The Hall–Kier alpha value is -0.960. The molecule has 1 N–H and O–H groups in total. The van der Waals surface area contributed by atoms with Crippen LogP contribution in [0.1, 0.15) is 75.7 Å². The molecule has 1 aliphatic carbocycles. The number of rotatable bonds is 8. The molecule has 1 aliphatic rings. The average Bonchev–Trinajstić information content (AvgIpc) is 3.30. The Labute approximate surface area is 123 Å². The summed E-state index contributed by atoms with van der Waals surface area (Å²) in [6.07, 6.45) is 6.91. The SMILES string of the molecule is CCc1nc(C(C)CC)nc(CC)c1CCNC1CC1. The van der Waals surface area contributed by atoms with Crippen molar-refractivity contribution < 1.29 is 0 Å². The quantitative estimate of drug-likeness (QED) is 0.790. The van der Waals surface area contributed by atoms with Crippen molar-refractivity contribution in [2.45, 2.75) is 78.2 Å². The molecule has 20 heavy (non-hydrogen) atoms. The van der Waals surface area contributed by atoms with Crippen molar-refractivity contribution in [1.29, 1.82) is 0 Å². The van der Waals surface area contributed by atoms with Gasteiger partial charge in [0, 0.05) is 23.3 Å². The first-order valence-electron chi connectivity index (χ1n) is 8.31. The highest BCUT2D eigenvalue weighted by Gasteiger charge is 2.21. The van der Waals surface area contributed by atoms with Gasteiger partial charge in [0.15, 0.2) is 0 Å². The summed E-state index contributed by atoms with van der Waals surface area (Å²) in [5.74, 6) is 1.50. The molecule has 0 saturated heterocycles. The van der Waals surface area contributed by atoms with Gasteiger partial charge in [-0.05, 0) is 50.6 Å². The third-order valence-electron chi connectivity index (χ3n) is 4.30. The summed E-state index contributed by atoms with van der Waals surface area (Å²) < 4.78 is 0. The average molecular weight is 275 g/mol. The Morgan fingerprint density at radius 1 is 1.10 bits per heavy atom. The van der Waals surface area contributed by atoms with Gasteiger partial charge in [-0.2, -0.15) is 0 Å². The van der Waals surface area contributed by atoms with Gasteiger partial charge in [0.2, 0.25) is 0 Å². The highest BCUT2D eigenvalue weighted by Crippen LogP contribution is 2.21. The zero-order chi connectivity index (χ0) is 14.5. The van der Waals surface area contributed by atoms with Crippen LogP contribution in [0.15, 0.2) is 0 Å². The molecule has 1 unspecified atom stereocenters. The molecule has 0 bridgehead atoms. The smallest absolute Gasteiger partial charge is 0.131 e. The van der Waals surface area contributed by atoms with Crippen molar-refractivity contribution >= 4 is 0 Å². The molecule has 3 nitrogen and oxygen atoms in total. The normalized spacial score (nSPS) is 16.4. The van der Waals surface area contributed by atoms with Crippen LogP contribution in [0.5, 0.6) is 0 Å². The van der Waals surface area contributed by atoms with Crippen LogP contribution in [0.2, 0.25) is 0 Å². The molecule has 1 aromatic rings. The van der Waals surface area contributed by atoms with Gasteiger partial charge in [0.1, 0.15) is 5.82 Å². The van der Waals surface area contributed by atoms with Crippen LogP contribution >= 0.6 is 0 Å². The second-order valence-electron chi connectivity index (χ2n) is 5.95. The van der Waals surface area contributed by atoms with Crippen LogP contribution in [0.4, 0.5) is 0 Å². The molecule has 0 amide bonds. The summed E-state index contributed by atoms with van der Waals surface area (Å²) in [7, 11) is 0.